The van der Waals surface area contributed by atoms with Gasteiger partial charge in [-0.25, -0.2) is 0 Å². The molecule has 2 aromatic rings. The third-order valence-corrected chi connectivity index (χ3v) is 4.14. The van der Waals surface area contributed by atoms with E-state index in [0.29, 0.717) is 5.19 Å². The van der Waals surface area contributed by atoms with Gasteiger partial charge >= 0.3 is 0 Å². The summed E-state index contributed by atoms with van der Waals surface area (Å²) in [4.78, 5) is 0. The number of hydrogen-bond acceptors (Lipinski definition) is 4. The second-order valence-corrected chi connectivity index (χ2v) is 6.28. The highest BCUT2D eigenvalue weighted by molar-refractivity contribution is 9.11. The molecule has 88 valence electrons. The molecule has 0 unspecified atom stereocenters. The largest absolute Gasteiger partial charge is 0.430 e. The van der Waals surface area contributed by atoms with Crippen molar-refractivity contribution in [3.05, 3.63) is 33.2 Å². The molecule has 1 aliphatic rings. The van der Waals surface area contributed by atoms with E-state index in [2.05, 4.69) is 38.3 Å². The Bertz CT molecular complexity index is 541. The van der Waals surface area contributed by atoms with E-state index in [1.165, 1.54) is 41.7 Å². The smallest absolute Gasteiger partial charge is 0.300 e. The van der Waals surface area contributed by atoms with Gasteiger partial charge in [0.2, 0.25) is 0 Å². The first-order valence-electron chi connectivity index (χ1n) is 5.60. The molecule has 0 bridgehead atoms. The van der Waals surface area contributed by atoms with Gasteiger partial charge in [0.25, 0.3) is 5.19 Å². The van der Waals surface area contributed by atoms with Crippen LogP contribution in [0.15, 0.2) is 22.1 Å². The van der Waals surface area contributed by atoms with Gasteiger partial charge in [-0.15, -0.1) is 5.10 Å². The lowest BCUT2D eigenvalue weighted by Crippen LogP contribution is -2.02. The number of aryl methyl sites for hydroxylation is 2. The summed E-state index contributed by atoms with van der Waals surface area (Å²) in [7, 11) is 0. The molecule has 1 aromatic heterocycles. The van der Waals surface area contributed by atoms with E-state index in [-0.39, 0.29) is 0 Å². The van der Waals surface area contributed by atoms with Crippen LogP contribution >= 0.6 is 27.3 Å². The van der Waals surface area contributed by atoms with Gasteiger partial charge in [-0.1, -0.05) is 11.2 Å². The van der Waals surface area contributed by atoms with Gasteiger partial charge in [0.1, 0.15) is 5.75 Å². The second kappa shape index (κ2) is 4.74. The Kier molecular flexibility index (Phi) is 3.11. The number of hydrogen-bond donors (Lipinski definition) is 0. The molecule has 0 aliphatic heterocycles. The summed E-state index contributed by atoms with van der Waals surface area (Å²) in [5, 5.41) is 8.36. The molecule has 0 spiro atoms. The topological polar surface area (TPSA) is 35.0 Å². The number of ether oxygens (including phenoxy) is 1. The molecular formula is C12H11BrN2OS. The van der Waals surface area contributed by atoms with Gasteiger partial charge in [0.15, 0.2) is 3.92 Å². The zero-order valence-corrected chi connectivity index (χ0v) is 11.6. The molecule has 1 aromatic carbocycles. The quantitative estimate of drug-likeness (QED) is 0.841. The normalized spacial score (nSPS) is 14.4. The van der Waals surface area contributed by atoms with Gasteiger partial charge in [-0.05, 0) is 76.2 Å². The van der Waals surface area contributed by atoms with Crippen molar-refractivity contribution >= 4 is 27.3 Å². The Morgan fingerprint density at radius 2 is 1.94 bits per heavy atom. The van der Waals surface area contributed by atoms with Crippen LogP contribution in [-0.4, -0.2) is 10.2 Å². The molecule has 1 aliphatic carbocycles. The summed E-state index contributed by atoms with van der Waals surface area (Å²) in [5.41, 5.74) is 2.87. The average molecular weight is 311 g/mol. The lowest BCUT2D eigenvalue weighted by Gasteiger charge is -2.16. The number of aromatic nitrogens is 2. The molecule has 0 radical (unpaired) electrons. The first-order chi connectivity index (χ1) is 8.31. The Morgan fingerprint density at radius 3 is 2.71 bits per heavy atom. The van der Waals surface area contributed by atoms with Gasteiger partial charge in [0.05, 0.1) is 0 Å². The summed E-state index contributed by atoms with van der Waals surface area (Å²) >= 11 is 4.66. The van der Waals surface area contributed by atoms with Crippen LogP contribution < -0.4 is 4.74 Å². The number of halogens is 1. The van der Waals surface area contributed by atoms with E-state index in [0.717, 1.165) is 16.1 Å². The molecule has 3 nitrogen and oxygen atoms in total. The average Bonchev–Trinajstić information content (AvgIpc) is 2.75. The molecule has 0 amide bonds. The van der Waals surface area contributed by atoms with Gasteiger partial charge in [0, 0.05) is 0 Å². The molecule has 0 fully saturated rings. The Labute approximate surface area is 112 Å². The van der Waals surface area contributed by atoms with E-state index < -0.39 is 0 Å². The fourth-order valence-electron chi connectivity index (χ4n) is 2.11. The maximum Gasteiger partial charge on any atom is 0.300 e. The first-order valence-corrected chi connectivity index (χ1v) is 7.21. The number of fused-ring (bicyclic) bond motifs is 1. The molecule has 0 saturated heterocycles. The second-order valence-electron chi connectivity index (χ2n) is 4.06. The number of benzene rings is 1. The van der Waals surface area contributed by atoms with Crippen LogP contribution in [0.5, 0.6) is 10.9 Å². The Morgan fingerprint density at radius 1 is 1.12 bits per heavy atom. The van der Waals surface area contributed by atoms with Crippen molar-refractivity contribution in [3.8, 4) is 10.9 Å². The molecule has 5 heteroatoms. The van der Waals surface area contributed by atoms with Crippen molar-refractivity contribution in [1.82, 2.24) is 10.2 Å². The molecule has 3 rings (SSSR count). The number of nitrogens with zero attached hydrogens (tertiary/aromatic N) is 2. The van der Waals surface area contributed by atoms with Crippen molar-refractivity contribution in [2.45, 2.75) is 25.7 Å². The minimum absolute atomic E-state index is 0.577. The van der Waals surface area contributed by atoms with Crippen LogP contribution in [0, 0.1) is 0 Å². The minimum Gasteiger partial charge on any atom is -0.430 e. The highest BCUT2D eigenvalue weighted by Gasteiger charge is 2.11. The molecule has 1 heterocycles. The van der Waals surface area contributed by atoms with Crippen molar-refractivity contribution < 1.29 is 4.74 Å². The van der Waals surface area contributed by atoms with E-state index in [1.54, 1.807) is 0 Å². The Balaban J connectivity index is 1.84. The maximum absolute atomic E-state index is 5.68. The minimum atomic E-state index is 0.577. The zero-order chi connectivity index (χ0) is 11.7. The van der Waals surface area contributed by atoms with Crippen molar-refractivity contribution in [2.75, 3.05) is 0 Å². The highest BCUT2D eigenvalue weighted by Crippen LogP contribution is 2.30. The monoisotopic (exact) mass is 310 g/mol. The summed E-state index contributed by atoms with van der Waals surface area (Å²) in [6.07, 6.45) is 4.93. The van der Waals surface area contributed by atoms with Gasteiger partial charge < -0.3 is 4.74 Å². The SMILES string of the molecule is Brc1nnc(Oc2ccc3c(c2)CCCC3)s1. The van der Waals surface area contributed by atoms with Crippen molar-refractivity contribution in [1.29, 1.82) is 0 Å². The third-order valence-electron chi connectivity index (χ3n) is 2.91. The fourth-order valence-corrected chi connectivity index (χ4v) is 3.05. The molecule has 0 saturated carbocycles. The lowest BCUT2D eigenvalue weighted by atomic mass is 9.92. The molecular weight excluding hydrogens is 300 g/mol. The van der Waals surface area contributed by atoms with E-state index in [4.69, 9.17) is 4.74 Å². The first kappa shape index (κ1) is 11.2. The lowest BCUT2D eigenvalue weighted by molar-refractivity contribution is 0.471. The van der Waals surface area contributed by atoms with Crippen LogP contribution in [0.1, 0.15) is 24.0 Å². The predicted octanol–water partition coefficient (Wildman–Crippen LogP) is 3.97. The van der Waals surface area contributed by atoms with Crippen LogP contribution in [0.3, 0.4) is 0 Å². The summed E-state index contributed by atoms with van der Waals surface area (Å²) in [6.45, 7) is 0. The maximum atomic E-state index is 5.68. The van der Waals surface area contributed by atoms with E-state index in [9.17, 15) is 0 Å². The molecule has 0 atom stereocenters. The summed E-state index contributed by atoms with van der Waals surface area (Å²) < 4.78 is 6.42. The summed E-state index contributed by atoms with van der Waals surface area (Å²) in [5.74, 6) is 0.856. The third kappa shape index (κ3) is 2.50. The van der Waals surface area contributed by atoms with E-state index in [1.807, 2.05) is 6.07 Å². The van der Waals surface area contributed by atoms with Crippen LogP contribution in [0.2, 0.25) is 0 Å². The van der Waals surface area contributed by atoms with Gasteiger partial charge in [-0.2, -0.15) is 0 Å². The highest BCUT2D eigenvalue weighted by atomic mass is 79.9. The van der Waals surface area contributed by atoms with Crippen LogP contribution in [0.25, 0.3) is 0 Å². The van der Waals surface area contributed by atoms with Crippen LogP contribution in [0.4, 0.5) is 0 Å². The summed E-state index contributed by atoms with van der Waals surface area (Å²) in [6, 6.07) is 6.31. The predicted molar refractivity (Wildman–Crippen MR) is 70.8 cm³/mol. The fraction of sp³-hybridized carbons (Fsp3) is 0.333. The standard InChI is InChI=1S/C12H11BrN2OS/c13-11-14-15-12(17-11)16-10-6-5-8-3-1-2-4-9(8)7-10/h5-7H,1-4H2. The Hall–Kier alpha value is -0.940. The molecule has 17 heavy (non-hydrogen) atoms. The number of rotatable bonds is 2. The zero-order valence-electron chi connectivity index (χ0n) is 9.15. The molecule has 0 N–H and O–H groups in total. The van der Waals surface area contributed by atoms with Crippen molar-refractivity contribution in [3.63, 3.8) is 0 Å². The van der Waals surface area contributed by atoms with Crippen molar-refractivity contribution in [2.24, 2.45) is 0 Å². The van der Waals surface area contributed by atoms with E-state index >= 15 is 0 Å². The van der Waals surface area contributed by atoms with Crippen LogP contribution in [-0.2, 0) is 12.8 Å². The van der Waals surface area contributed by atoms with Gasteiger partial charge in [-0.3, -0.25) is 0 Å².